The van der Waals surface area contributed by atoms with Gasteiger partial charge in [-0.1, -0.05) is 24.3 Å². The molecule has 4 rings (SSSR count). The molecule has 33 heavy (non-hydrogen) atoms. The van der Waals surface area contributed by atoms with Gasteiger partial charge in [0, 0.05) is 29.8 Å². The number of para-hydroxylation sites is 1. The number of nitro benzene ring substituents is 1. The predicted octanol–water partition coefficient (Wildman–Crippen LogP) is 4.92. The minimum Gasteiger partial charge on any atom is -0.384 e. The van der Waals surface area contributed by atoms with E-state index in [0.717, 1.165) is 11.0 Å². The number of hydrogen-bond donors (Lipinski definition) is 1. The fourth-order valence-electron chi connectivity index (χ4n) is 4.42. The van der Waals surface area contributed by atoms with E-state index in [9.17, 15) is 33.3 Å². The highest BCUT2D eigenvalue weighted by atomic mass is 19.4. The Morgan fingerprint density at radius 1 is 1.15 bits per heavy atom. The van der Waals surface area contributed by atoms with Crippen LogP contribution in [0.15, 0.2) is 71.2 Å². The molecule has 0 bridgehead atoms. The highest BCUT2D eigenvalue weighted by Crippen LogP contribution is 2.48. The average molecular weight is 454 g/mol. The van der Waals surface area contributed by atoms with Crippen LogP contribution >= 0.6 is 0 Å². The van der Waals surface area contributed by atoms with Gasteiger partial charge < -0.3 is 5.73 Å². The highest BCUT2D eigenvalue weighted by Gasteiger charge is 2.43. The van der Waals surface area contributed by atoms with E-state index in [-0.39, 0.29) is 52.7 Å². The van der Waals surface area contributed by atoms with Gasteiger partial charge in [-0.25, -0.2) is 0 Å². The van der Waals surface area contributed by atoms with Crippen molar-refractivity contribution in [3.8, 4) is 6.07 Å². The zero-order valence-electron chi connectivity index (χ0n) is 17.1. The Bertz CT molecular complexity index is 1270. The van der Waals surface area contributed by atoms with Crippen molar-refractivity contribution in [1.29, 1.82) is 5.26 Å². The average Bonchev–Trinajstić information content (AvgIpc) is 2.78. The molecule has 2 aliphatic rings. The van der Waals surface area contributed by atoms with Crippen molar-refractivity contribution in [2.24, 2.45) is 5.73 Å². The largest absolute Gasteiger partial charge is 0.418 e. The lowest BCUT2D eigenvalue weighted by Gasteiger charge is -2.40. The number of carbonyl (C=O) groups excluding carboxylic acids is 1. The first-order chi connectivity index (χ1) is 15.6. The zero-order chi connectivity index (χ0) is 23.9. The number of hydrogen-bond acceptors (Lipinski definition) is 6. The Hall–Kier alpha value is -4.13. The molecule has 2 aromatic carbocycles. The van der Waals surface area contributed by atoms with Gasteiger partial charge in [0.15, 0.2) is 5.78 Å². The molecule has 0 spiro atoms. The summed E-state index contributed by atoms with van der Waals surface area (Å²) in [6, 6.07) is 12.2. The van der Waals surface area contributed by atoms with Crippen LogP contribution in [0.5, 0.6) is 0 Å². The van der Waals surface area contributed by atoms with Crippen LogP contribution in [0.3, 0.4) is 0 Å². The molecule has 1 aliphatic heterocycles. The van der Waals surface area contributed by atoms with E-state index >= 15 is 0 Å². The Morgan fingerprint density at radius 3 is 2.55 bits per heavy atom. The van der Waals surface area contributed by atoms with E-state index in [1.165, 1.54) is 42.5 Å². The first-order valence-electron chi connectivity index (χ1n) is 10.0. The molecule has 0 aromatic heterocycles. The monoisotopic (exact) mass is 454 g/mol. The van der Waals surface area contributed by atoms with Gasteiger partial charge in [0.05, 0.1) is 33.7 Å². The van der Waals surface area contributed by atoms with Gasteiger partial charge in [-0.05, 0) is 30.5 Å². The van der Waals surface area contributed by atoms with Crippen molar-refractivity contribution in [1.82, 2.24) is 0 Å². The molecule has 0 saturated carbocycles. The summed E-state index contributed by atoms with van der Waals surface area (Å²) in [4.78, 5) is 24.9. The van der Waals surface area contributed by atoms with Gasteiger partial charge in [0.1, 0.15) is 5.82 Å². The van der Waals surface area contributed by atoms with Gasteiger partial charge in [0.2, 0.25) is 0 Å². The topological polar surface area (TPSA) is 113 Å². The fourth-order valence-corrected chi connectivity index (χ4v) is 4.42. The van der Waals surface area contributed by atoms with Crippen LogP contribution in [0.25, 0.3) is 0 Å². The number of non-ortho nitro benzene ring substituents is 1. The number of allylic oxidation sites excluding steroid dienone is 3. The number of nitrogens with two attached hydrogens (primary N) is 1. The van der Waals surface area contributed by atoms with E-state index in [2.05, 4.69) is 0 Å². The van der Waals surface area contributed by atoms with E-state index in [0.29, 0.717) is 12.0 Å². The zero-order valence-corrected chi connectivity index (χ0v) is 17.1. The molecule has 0 radical (unpaired) electrons. The van der Waals surface area contributed by atoms with Gasteiger partial charge in [-0.15, -0.1) is 0 Å². The molecule has 7 nitrogen and oxygen atoms in total. The maximum atomic E-state index is 13.8. The number of rotatable bonds is 3. The maximum absolute atomic E-state index is 13.8. The first-order valence-corrected chi connectivity index (χ1v) is 10.0. The lowest BCUT2D eigenvalue weighted by Crippen LogP contribution is -2.39. The van der Waals surface area contributed by atoms with Crippen molar-refractivity contribution < 1.29 is 22.9 Å². The molecule has 10 heteroatoms. The molecule has 2 aromatic rings. The van der Waals surface area contributed by atoms with Gasteiger partial charge in [0.25, 0.3) is 5.69 Å². The predicted molar refractivity (Wildman–Crippen MR) is 112 cm³/mol. The first kappa shape index (κ1) is 22.1. The van der Waals surface area contributed by atoms with Crippen molar-refractivity contribution >= 4 is 17.2 Å². The lowest BCUT2D eigenvalue weighted by atomic mass is 9.75. The van der Waals surface area contributed by atoms with Crippen LogP contribution in [0, 0.1) is 21.4 Å². The Kier molecular flexibility index (Phi) is 5.41. The number of halogens is 3. The summed E-state index contributed by atoms with van der Waals surface area (Å²) >= 11 is 0. The summed E-state index contributed by atoms with van der Waals surface area (Å²) in [5.41, 5.74) is 5.40. The number of nitro groups is 1. The third-order valence-corrected chi connectivity index (χ3v) is 5.78. The Balaban J connectivity index is 2.01. The lowest BCUT2D eigenvalue weighted by molar-refractivity contribution is -0.384. The summed E-state index contributed by atoms with van der Waals surface area (Å²) in [5.74, 6) is -1.58. The second-order valence-corrected chi connectivity index (χ2v) is 7.68. The molecule has 1 aliphatic carbocycles. The number of ketones is 1. The van der Waals surface area contributed by atoms with Crippen molar-refractivity contribution in [2.45, 2.75) is 31.4 Å². The van der Waals surface area contributed by atoms with E-state index in [1.54, 1.807) is 0 Å². The molecule has 168 valence electrons. The minimum absolute atomic E-state index is 0.138. The Morgan fingerprint density at radius 2 is 1.88 bits per heavy atom. The van der Waals surface area contributed by atoms with Crippen LogP contribution < -0.4 is 10.6 Å². The summed E-state index contributed by atoms with van der Waals surface area (Å²) in [6.45, 7) is 0. The summed E-state index contributed by atoms with van der Waals surface area (Å²) in [6.07, 6.45) is -3.88. The number of nitriles is 1. The molecule has 2 N–H and O–H groups in total. The Labute approximate surface area is 186 Å². The second-order valence-electron chi connectivity index (χ2n) is 7.68. The number of anilines is 1. The second kappa shape index (κ2) is 8.09. The van der Waals surface area contributed by atoms with Crippen LogP contribution in [0.1, 0.15) is 36.3 Å². The van der Waals surface area contributed by atoms with E-state index < -0.39 is 22.6 Å². The van der Waals surface area contributed by atoms with Crippen LogP contribution in [0.2, 0.25) is 0 Å². The molecule has 1 atom stereocenters. The number of nitrogens with zero attached hydrogens (tertiary/aromatic N) is 3. The summed E-state index contributed by atoms with van der Waals surface area (Å²) < 4.78 is 41.3. The van der Waals surface area contributed by atoms with Gasteiger partial charge in [-0.3, -0.25) is 19.8 Å². The fraction of sp³-hybridized carbons (Fsp3) is 0.217. The number of alkyl halides is 3. The molecular formula is C23H17F3N4O3. The number of benzene rings is 2. The van der Waals surface area contributed by atoms with E-state index in [4.69, 9.17) is 5.73 Å². The van der Waals surface area contributed by atoms with E-state index in [1.807, 2.05) is 6.07 Å². The van der Waals surface area contributed by atoms with Crippen LogP contribution in [-0.4, -0.2) is 10.7 Å². The molecule has 0 fully saturated rings. The third-order valence-electron chi connectivity index (χ3n) is 5.78. The summed E-state index contributed by atoms with van der Waals surface area (Å²) in [5, 5.41) is 21.2. The van der Waals surface area contributed by atoms with Crippen molar-refractivity contribution in [3.63, 3.8) is 0 Å². The number of carbonyl (C=O) groups is 1. The van der Waals surface area contributed by atoms with Crippen LogP contribution in [0.4, 0.5) is 24.5 Å². The van der Waals surface area contributed by atoms with Gasteiger partial charge in [-0.2, -0.15) is 18.4 Å². The molecule has 1 heterocycles. The standard InChI is InChI=1S/C23H17F3N4O3/c24-23(25,26)16-7-1-2-8-17(16)29-18-9-4-10-19(31)21(18)20(15(12-27)22(29)28)13-5-3-6-14(11-13)30(32)33/h1-3,5-8,11,20H,4,9-10,28H2. The molecule has 0 amide bonds. The highest BCUT2D eigenvalue weighted by molar-refractivity contribution is 6.01. The normalized spacial score (nSPS) is 18.8. The van der Waals surface area contributed by atoms with Crippen molar-refractivity contribution in [2.75, 3.05) is 4.90 Å². The maximum Gasteiger partial charge on any atom is 0.418 e. The minimum atomic E-state index is -4.69. The molecule has 1 unspecified atom stereocenters. The third kappa shape index (κ3) is 3.71. The molecule has 0 saturated heterocycles. The quantitative estimate of drug-likeness (QED) is 0.520. The smallest absolute Gasteiger partial charge is 0.384 e. The van der Waals surface area contributed by atoms with Crippen LogP contribution in [-0.2, 0) is 11.0 Å². The van der Waals surface area contributed by atoms with Gasteiger partial charge >= 0.3 is 6.18 Å². The van der Waals surface area contributed by atoms with Crippen molar-refractivity contribution in [3.05, 3.63) is 92.4 Å². The molecular weight excluding hydrogens is 437 g/mol. The summed E-state index contributed by atoms with van der Waals surface area (Å²) in [7, 11) is 0. The SMILES string of the molecule is N#CC1=C(N)N(c2ccccc2C(F)(F)F)C2=C(C(=O)CCC2)C1c1cccc([N+](=O)[O-])c1. The number of Topliss-reactive ketones (excluding diaryl/α,β-unsaturated/α-hetero) is 1.